The highest BCUT2D eigenvalue weighted by atomic mass is 79.9. The predicted molar refractivity (Wildman–Crippen MR) is 72.5 cm³/mol. The van der Waals surface area contributed by atoms with E-state index in [2.05, 4.69) is 31.3 Å². The van der Waals surface area contributed by atoms with Crippen LogP contribution in [0.4, 0.5) is 14.9 Å². The molecule has 0 saturated carbocycles. The third-order valence-corrected chi connectivity index (χ3v) is 2.82. The van der Waals surface area contributed by atoms with Crippen LogP contribution in [0.1, 0.15) is 12.5 Å². The molecule has 5 nitrogen and oxygen atoms in total. The summed E-state index contributed by atoms with van der Waals surface area (Å²) < 4.78 is 18.1. The van der Waals surface area contributed by atoms with Gasteiger partial charge in [-0.3, -0.25) is 4.79 Å². The Balaban J connectivity index is 2.58. The summed E-state index contributed by atoms with van der Waals surface area (Å²) >= 11 is 3.03. The van der Waals surface area contributed by atoms with Crippen LogP contribution < -0.4 is 10.6 Å². The number of rotatable bonds is 4. The van der Waals surface area contributed by atoms with Gasteiger partial charge in [0.15, 0.2) is 0 Å². The molecule has 0 atom stereocenters. The molecule has 19 heavy (non-hydrogen) atoms. The number of esters is 1. The molecule has 0 radical (unpaired) electrons. The van der Waals surface area contributed by atoms with E-state index in [0.717, 1.165) is 0 Å². The average molecular weight is 333 g/mol. The Morgan fingerprint density at radius 2 is 2.11 bits per heavy atom. The van der Waals surface area contributed by atoms with E-state index in [9.17, 15) is 14.0 Å². The number of amides is 2. The maximum absolute atomic E-state index is 13.2. The van der Waals surface area contributed by atoms with E-state index < -0.39 is 17.8 Å². The van der Waals surface area contributed by atoms with Crippen LogP contribution in [0.5, 0.6) is 0 Å². The molecule has 7 heteroatoms. The normalized spacial score (nSPS) is 9.89. The Kier molecular flexibility index (Phi) is 5.75. The quantitative estimate of drug-likeness (QED) is 0.833. The number of benzene rings is 1. The maximum atomic E-state index is 13.2. The molecular formula is C12H14BrFN2O3. The summed E-state index contributed by atoms with van der Waals surface area (Å²) in [6.45, 7) is 3.38. The Morgan fingerprint density at radius 3 is 2.74 bits per heavy atom. The fourth-order valence-electron chi connectivity index (χ4n) is 1.31. The molecule has 2 N–H and O–H groups in total. The van der Waals surface area contributed by atoms with E-state index in [1.165, 1.54) is 12.1 Å². The number of nitrogens with one attached hydrogen (secondary N) is 2. The zero-order valence-electron chi connectivity index (χ0n) is 10.5. The lowest BCUT2D eigenvalue weighted by Crippen LogP contribution is -2.34. The number of carbonyl (C=O) groups excluding carboxylic acids is 2. The first-order valence-corrected chi connectivity index (χ1v) is 6.39. The number of hydrogen-bond donors (Lipinski definition) is 2. The number of ether oxygens (including phenoxy) is 1. The van der Waals surface area contributed by atoms with Gasteiger partial charge in [-0.25, -0.2) is 9.18 Å². The molecular weight excluding hydrogens is 319 g/mol. The SMILES string of the molecule is CCOC(=O)CNC(=O)Nc1cc(Br)c(F)cc1C. The molecule has 0 aliphatic carbocycles. The monoisotopic (exact) mass is 332 g/mol. The summed E-state index contributed by atoms with van der Waals surface area (Å²) in [6.07, 6.45) is 0. The van der Waals surface area contributed by atoms with Gasteiger partial charge in [-0.1, -0.05) is 0 Å². The van der Waals surface area contributed by atoms with E-state index in [4.69, 9.17) is 0 Å². The zero-order valence-corrected chi connectivity index (χ0v) is 12.1. The van der Waals surface area contributed by atoms with Crippen molar-refractivity contribution in [2.24, 2.45) is 0 Å². The lowest BCUT2D eigenvalue weighted by molar-refractivity contribution is -0.141. The first kappa shape index (κ1) is 15.4. The second-order valence-corrected chi connectivity index (χ2v) is 4.55. The summed E-state index contributed by atoms with van der Waals surface area (Å²) in [5.74, 6) is -0.926. The van der Waals surface area contributed by atoms with Crippen molar-refractivity contribution in [3.05, 3.63) is 28.0 Å². The highest BCUT2D eigenvalue weighted by Crippen LogP contribution is 2.24. The van der Waals surface area contributed by atoms with Gasteiger partial charge in [0.05, 0.1) is 11.1 Å². The molecule has 0 saturated heterocycles. The van der Waals surface area contributed by atoms with Crippen LogP contribution in [0.25, 0.3) is 0 Å². The van der Waals surface area contributed by atoms with Gasteiger partial charge in [0, 0.05) is 5.69 Å². The van der Waals surface area contributed by atoms with Gasteiger partial charge >= 0.3 is 12.0 Å². The fourth-order valence-corrected chi connectivity index (χ4v) is 1.66. The number of hydrogen-bond acceptors (Lipinski definition) is 3. The molecule has 1 rings (SSSR count). The number of aryl methyl sites for hydroxylation is 1. The fraction of sp³-hybridized carbons (Fsp3) is 0.333. The molecule has 0 aromatic heterocycles. The molecule has 0 bridgehead atoms. The molecule has 104 valence electrons. The van der Waals surface area contributed by atoms with Crippen LogP contribution in [0.15, 0.2) is 16.6 Å². The molecule has 0 unspecified atom stereocenters. The summed E-state index contributed by atoms with van der Waals surface area (Å²) in [5.41, 5.74) is 1.03. The molecule has 1 aromatic carbocycles. The third kappa shape index (κ3) is 4.86. The van der Waals surface area contributed by atoms with Crippen molar-refractivity contribution in [3.8, 4) is 0 Å². The zero-order chi connectivity index (χ0) is 14.4. The second-order valence-electron chi connectivity index (χ2n) is 3.69. The molecule has 0 spiro atoms. The number of carbonyl (C=O) groups is 2. The lowest BCUT2D eigenvalue weighted by atomic mass is 10.2. The second kappa shape index (κ2) is 7.08. The summed E-state index contributed by atoms with van der Waals surface area (Å²) in [7, 11) is 0. The molecule has 0 aliphatic rings. The van der Waals surface area contributed by atoms with Crippen molar-refractivity contribution < 1.29 is 18.7 Å². The Hall–Kier alpha value is -1.63. The van der Waals surface area contributed by atoms with Crippen molar-refractivity contribution in [1.82, 2.24) is 5.32 Å². The van der Waals surface area contributed by atoms with Crippen molar-refractivity contribution in [3.63, 3.8) is 0 Å². The molecule has 0 fully saturated rings. The van der Waals surface area contributed by atoms with E-state index >= 15 is 0 Å². The van der Waals surface area contributed by atoms with Crippen LogP contribution >= 0.6 is 15.9 Å². The number of urea groups is 1. The van der Waals surface area contributed by atoms with Crippen molar-refractivity contribution >= 4 is 33.6 Å². The number of halogens is 2. The van der Waals surface area contributed by atoms with Gasteiger partial charge in [0.1, 0.15) is 12.4 Å². The van der Waals surface area contributed by atoms with E-state index in [-0.39, 0.29) is 17.6 Å². The van der Waals surface area contributed by atoms with E-state index in [1.54, 1.807) is 13.8 Å². The molecule has 0 heterocycles. The first-order chi connectivity index (χ1) is 8.93. The lowest BCUT2D eigenvalue weighted by Gasteiger charge is -2.10. The number of anilines is 1. The predicted octanol–water partition coefficient (Wildman–Crippen LogP) is 2.58. The van der Waals surface area contributed by atoms with Gasteiger partial charge in [0.25, 0.3) is 0 Å². The highest BCUT2D eigenvalue weighted by Gasteiger charge is 2.09. The smallest absolute Gasteiger partial charge is 0.325 e. The minimum atomic E-state index is -0.560. The Morgan fingerprint density at radius 1 is 1.42 bits per heavy atom. The van der Waals surface area contributed by atoms with Crippen molar-refractivity contribution in [1.29, 1.82) is 0 Å². The Labute approximate surface area is 118 Å². The summed E-state index contributed by atoms with van der Waals surface area (Å²) in [5, 5.41) is 4.86. The van der Waals surface area contributed by atoms with Crippen LogP contribution in [0.2, 0.25) is 0 Å². The first-order valence-electron chi connectivity index (χ1n) is 5.60. The summed E-state index contributed by atoms with van der Waals surface area (Å²) in [4.78, 5) is 22.6. The minimum absolute atomic E-state index is 0.221. The van der Waals surface area contributed by atoms with Crippen LogP contribution in [0.3, 0.4) is 0 Å². The van der Waals surface area contributed by atoms with Crippen LogP contribution in [0, 0.1) is 12.7 Å². The third-order valence-electron chi connectivity index (χ3n) is 2.21. The summed E-state index contributed by atoms with van der Waals surface area (Å²) in [6, 6.07) is 2.19. The average Bonchev–Trinajstić information content (AvgIpc) is 2.34. The van der Waals surface area contributed by atoms with Gasteiger partial charge in [-0.05, 0) is 47.5 Å². The molecule has 0 aliphatic heterocycles. The molecule has 2 amide bonds. The van der Waals surface area contributed by atoms with Gasteiger partial charge < -0.3 is 15.4 Å². The van der Waals surface area contributed by atoms with E-state index in [1.807, 2.05) is 0 Å². The van der Waals surface area contributed by atoms with E-state index in [0.29, 0.717) is 11.3 Å². The topological polar surface area (TPSA) is 67.4 Å². The molecule has 1 aromatic rings. The van der Waals surface area contributed by atoms with Gasteiger partial charge in [-0.2, -0.15) is 0 Å². The van der Waals surface area contributed by atoms with Crippen molar-refractivity contribution in [2.45, 2.75) is 13.8 Å². The Bertz CT molecular complexity index is 494. The minimum Gasteiger partial charge on any atom is -0.465 e. The van der Waals surface area contributed by atoms with Crippen LogP contribution in [-0.2, 0) is 9.53 Å². The van der Waals surface area contributed by atoms with Crippen molar-refractivity contribution in [2.75, 3.05) is 18.5 Å². The largest absolute Gasteiger partial charge is 0.465 e. The van der Waals surface area contributed by atoms with Gasteiger partial charge in [-0.15, -0.1) is 0 Å². The maximum Gasteiger partial charge on any atom is 0.325 e. The highest BCUT2D eigenvalue weighted by molar-refractivity contribution is 9.10. The van der Waals surface area contributed by atoms with Crippen LogP contribution in [-0.4, -0.2) is 25.2 Å². The van der Waals surface area contributed by atoms with Gasteiger partial charge in [0.2, 0.25) is 0 Å². The standard InChI is InChI=1S/C12H14BrFN2O3/c1-3-19-11(17)6-15-12(18)16-10-5-8(13)9(14)4-7(10)2/h4-5H,3,6H2,1-2H3,(H2,15,16,18).